The van der Waals surface area contributed by atoms with Gasteiger partial charge in [-0.2, -0.15) is 0 Å². The van der Waals surface area contributed by atoms with Crippen LogP contribution >= 0.6 is 0 Å². The summed E-state index contributed by atoms with van der Waals surface area (Å²) in [5.41, 5.74) is 0.822. The van der Waals surface area contributed by atoms with E-state index in [1.54, 1.807) is 24.5 Å². The Kier molecular flexibility index (Phi) is 3.79. The summed E-state index contributed by atoms with van der Waals surface area (Å²) in [7, 11) is 0. The lowest BCUT2D eigenvalue weighted by Crippen LogP contribution is -2.06. The summed E-state index contributed by atoms with van der Waals surface area (Å²) in [4.78, 5) is 25.3. The molecule has 74 valence electrons. The van der Waals surface area contributed by atoms with Crippen molar-refractivity contribution >= 4 is 11.8 Å². The zero-order valence-corrected chi connectivity index (χ0v) is 7.64. The van der Waals surface area contributed by atoms with Crippen molar-refractivity contribution < 1.29 is 14.7 Å². The smallest absolute Gasteiger partial charge is 0.303 e. The van der Waals surface area contributed by atoms with Crippen LogP contribution in [0.5, 0.6) is 0 Å². The first kappa shape index (κ1) is 10.4. The van der Waals surface area contributed by atoms with Gasteiger partial charge >= 0.3 is 5.97 Å². The van der Waals surface area contributed by atoms with Gasteiger partial charge in [0.05, 0.1) is 6.42 Å². The second kappa shape index (κ2) is 5.11. The van der Waals surface area contributed by atoms with Crippen molar-refractivity contribution in [1.29, 1.82) is 0 Å². The first-order valence-electron chi connectivity index (χ1n) is 4.31. The van der Waals surface area contributed by atoms with Crippen LogP contribution in [0.1, 0.15) is 18.4 Å². The molecular weight excluding hydrogens is 182 g/mol. The largest absolute Gasteiger partial charge is 0.481 e. The fourth-order valence-electron chi connectivity index (χ4n) is 1.07. The Labute approximate surface area is 81.6 Å². The van der Waals surface area contributed by atoms with E-state index in [1.165, 1.54) is 0 Å². The van der Waals surface area contributed by atoms with Gasteiger partial charge in [-0.3, -0.25) is 14.6 Å². The number of carboxylic acid groups (broad SMARTS) is 1. The number of nitrogens with zero attached hydrogens (tertiary/aromatic N) is 1. The average molecular weight is 193 g/mol. The number of aromatic nitrogens is 1. The van der Waals surface area contributed by atoms with Gasteiger partial charge in [0.25, 0.3) is 0 Å². The van der Waals surface area contributed by atoms with E-state index < -0.39 is 5.97 Å². The van der Waals surface area contributed by atoms with Gasteiger partial charge in [-0.15, -0.1) is 0 Å². The van der Waals surface area contributed by atoms with Gasteiger partial charge in [0, 0.05) is 25.2 Å². The maximum atomic E-state index is 11.2. The molecule has 1 N–H and O–H groups in total. The van der Waals surface area contributed by atoms with Crippen molar-refractivity contribution in [2.75, 3.05) is 0 Å². The van der Waals surface area contributed by atoms with Gasteiger partial charge in [0.2, 0.25) is 0 Å². The molecule has 0 aliphatic carbocycles. The number of hydrogen-bond donors (Lipinski definition) is 1. The summed E-state index contributed by atoms with van der Waals surface area (Å²) in [5.74, 6) is -1.01. The molecule has 0 spiro atoms. The minimum Gasteiger partial charge on any atom is -0.481 e. The van der Waals surface area contributed by atoms with Crippen molar-refractivity contribution in [3.8, 4) is 0 Å². The normalized spacial score (nSPS) is 9.71. The van der Waals surface area contributed by atoms with Gasteiger partial charge in [-0.1, -0.05) is 6.07 Å². The van der Waals surface area contributed by atoms with E-state index in [1.807, 2.05) is 0 Å². The molecule has 0 aliphatic rings. The summed E-state index contributed by atoms with van der Waals surface area (Å²) in [5, 5.41) is 8.36. The van der Waals surface area contributed by atoms with E-state index in [0.29, 0.717) is 0 Å². The summed E-state index contributed by atoms with van der Waals surface area (Å²) < 4.78 is 0. The summed E-state index contributed by atoms with van der Waals surface area (Å²) in [6, 6.07) is 3.55. The monoisotopic (exact) mass is 193 g/mol. The number of ketones is 1. The lowest BCUT2D eigenvalue weighted by Gasteiger charge is -1.98. The van der Waals surface area contributed by atoms with E-state index in [0.717, 1.165) is 5.56 Å². The quantitative estimate of drug-likeness (QED) is 0.759. The van der Waals surface area contributed by atoms with E-state index in [2.05, 4.69) is 4.98 Å². The highest BCUT2D eigenvalue weighted by molar-refractivity contribution is 5.84. The Balaban J connectivity index is 2.38. The molecule has 4 nitrogen and oxygen atoms in total. The van der Waals surface area contributed by atoms with Crippen molar-refractivity contribution in [2.24, 2.45) is 0 Å². The number of carbonyl (C=O) groups excluding carboxylic acids is 1. The number of hydrogen-bond acceptors (Lipinski definition) is 3. The van der Waals surface area contributed by atoms with Crippen LogP contribution in [0.4, 0.5) is 0 Å². The molecule has 0 aliphatic heterocycles. The van der Waals surface area contributed by atoms with E-state index >= 15 is 0 Å². The molecule has 0 saturated heterocycles. The Morgan fingerprint density at radius 2 is 2.14 bits per heavy atom. The Hall–Kier alpha value is -1.71. The number of carboxylic acids is 1. The number of pyridine rings is 1. The Bertz CT molecular complexity index is 321. The first-order chi connectivity index (χ1) is 6.68. The maximum Gasteiger partial charge on any atom is 0.303 e. The first-order valence-corrected chi connectivity index (χ1v) is 4.31. The molecule has 0 amide bonds. The number of rotatable bonds is 5. The van der Waals surface area contributed by atoms with Crippen LogP contribution < -0.4 is 0 Å². The highest BCUT2D eigenvalue weighted by Gasteiger charge is 2.06. The highest BCUT2D eigenvalue weighted by atomic mass is 16.4. The minimum atomic E-state index is -0.940. The average Bonchev–Trinajstić information content (AvgIpc) is 2.16. The maximum absolute atomic E-state index is 11.2. The second-order valence-electron chi connectivity index (χ2n) is 2.97. The van der Waals surface area contributed by atoms with Crippen LogP contribution in [0.3, 0.4) is 0 Å². The third-order valence-electron chi connectivity index (χ3n) is 1.74. The van der Waals surface area contributed by atoms with Gasteiger partial charge in [0.15, 0.2) is 0 Å². The second-order valence-corrected chi connectivity index (χ2v) is 2.97. The molecule has 1 heterocycles. The lowest BCUT2D eigenvalue weighted by atomic mass is 10.1. The predicted octanol–water partition coefficient (Wildman–Crippen LogP) is 1.06. The molecule has 0 bridgehead atoms. The third kappa shape index (κ3) is 3.80. The Morgan fingerprint density at radius 1 is 1.36 bits per heavy atom. The molecule has 1 rings (SSSR count). The molecule has 4 heteroatoms. The van der Waals surface area contributed by atoms with Gasteiger partial charge in [-0.05, 0) is 11.6 Å². The minimum absolute atomic E-state index is 0.0691. The van der Waals surface area contributed by atoms with Crippen molar-refractivity contribution in [1.82, 2.24) is 4.98 Å². The molecule has 14 heavy (non-hydrogen) atoms. The molecule has 0 aromatic carbocycles. The van der Waals surface area contributed by atoms with Crippen LogP contribution in [-0.4, -0.2) is 21.8 Å². The molecule has 1 aromatic heterocycles. The predicted molar refractivity (Wildman–Crippen MR) is 49.8 cm³/mol. The topological polar surface area (TPSA) is 67.3 Å². The fraction of sp³-hybridized carbons (Fsp3) is 0.300. The molecular formula is C10H11NO3. The van der Waals surface area contributed by atoms with Crippen molar-refractivity contribution in [3.05, 3.63) is 30.1 Å². The lowest BCUT2D eigenvalue weighted by molar-refractivity contribution is -0.138. The van der Waals surface area contributed by atoms with Crippen LogP contribution in [0.15, 0.2) is 24.5 Å². The van der Waals surface area contributed by atoms with Crippen molar-refractivity contribution in [3.63, 3.8) is 0 Å². The molecule has 0 saturated carbocycles. The molecule has 0 unspecified atom stereocenters. The summed E-state index contributed by atoms with van der Waals surface area (Å²) >= 11 is 0. The molecule has 0 atom stereocenters. The number of aliphatic carboxylic acids is 1. The van der Waals surface area contributed by atoms with Gasteiger partial charge in [-0.25, -0.2) is 0 Å². The van der Waals surface area contributed by atoms with Crippen LogP contribution in [0.2, 0.25) is 0 Å². The zero-order chi connectivity index (χ0) is 10.4. The van der Waals surface area contributed by atoms with Crippen LogP contribution in [0.25, 0.3) is 0 Å². The molecule has 0 radical (unpaired) electrons. The van der Waals surface area contributed by atoms with Gasteiger partial charge < -0.3 is 5.11 Å². The fourth-order valence-corrected chi connectivity index (χ4v) is 1.07. The summed E-state index contributed by atoms with van der Waals surface area (Å²) in [6.07, 6.45) is 3.49. The Morgan fingerprint density at radius 3 is 2.71 bits per heavy atom. The standard InChI is InChI=1S/C10H11NO3/c12-9(3-4-10(13)14)6-8-2-1-5-11-7-8/h1-2,5,7H,3-4,6H2,(H,13,14). The van der Waals surface area contributed by atoms with E-state index in [9.17, 15) is 9.59 Å². The molecule has 1 aromatic rings. The SMILES string of the molecule is O=C(O)CCC(=O)Cc1cccnc1. The third-order valence-corrected chi connectivity index (χ3v) is 1.74. The number of carbonyl (C=O) groups is 2. The molecule has 0 fully saturated rings. The zero-order valence-electron chi connectivity index (χ0n) is 7.64. The summed E-state index contributed by atoms with van der Waals surface area (Å²) in [6.45, 7) is 0. The van der Waals surface area contributed by atoms with Crippen LogP contribution in [0, 0.1) is 0 Å². The van der Waals surface area contributed by atoms with Crippen molar-refractivity contribution in [2.45, 2.75) is 19.3 Å². The number of Topliss-reactive ketones (excluding diaryl/α,β-unsaturated/α-hetero) is 1. The van der Waals surface area contributed by atoms with Gasteiger partial charge in [0.1, 0.15) is 5.78 Å². The highest BCUT2D eigenvalue weighted by Crippen LogP contribution is 2.01. The van der Waals surface area contributed by atoms with E-state index in [-0.39, 0.29) is 25.0 Å². The van der Waals surface area contributed by atoms with E-state index in [4.69, 9.17) is 5.11 Å². The van der Waals surface area contributed by atoms with Crippen LogP contribution in [-0.2, 0) is 16.0 Å².